The first kappa shape index (κ1) is 8.04. The first-order valence-corrected chi connectivity index (χ1v) is 4.41. The van der Waals surface area contributed by atoms with Gasteiger partial charge in [-0.05, 0) is 22.6 Å². The fourth-order valence-electron chi connectivity index (χ4n) is 1.50. The van der Waals surface area contributed by atoms with E-state index >= 15 is 0 Å². The maximum atomic E-state index is 4.25. The summed E-state index contributed by atoms with van der Waals surface area (Å²) < 4.78 is 1.36. The van der Waals surface area contributed by atoms with E-state index in [0.29, 0.717) is 11.5 Å². The zero-order chi connectivity index (χ0) is 10.3. The van der Waals surface area contributed by atoms with Crippen molar-refractivity contribution in [2.24, 2.45) is 0 Å². The van der Waals surface area contributed by atoms with Crippen molar-refractivity contribution < 1.29 is 0 Å². The number of pyridine rings is 1. The lowest BCUT2D eigenvalue weighted by atomic mass is 10.3. The molecular weight excluding hydrogens is 194 g/mol. The predicted octanol–water partition coefficient (Wildman–Crippen LogP) is 0.109. The summed E-state index contributed by atoms with van der Waals surface area (Å²) in [6.45, 7) is 0. The van der Waals surface area contributed by atoms with Crippen molar-refractivity contribution in [3.8, 4) is 0 Å². The van der Waals surface area contributed by atoms with Crippen molar-refractivity contribution >= 4 is 22.4 Å². The number of aromatic nitrogens is 6. The quantitative estimate of drug-likeness (QED) is 0.601. The molecule has 0 aliphatic rings. The SMILES string of the molecule is CNc1nn2nnnc2c2ncccc12. The Kier molecular flexibility index (Phi) is 1.52. The van der Waals surface area contributed by atoms with Crippen LogP contribution in [-0.2, 0) is 0 Å². The largest absolute Gasteiger partial charge is 0.371 e. The summed E-state index contributed by atoms with van der Waals surface area (Å²) in [7, 11) is 1.80. The second-order valence-corrected chi connectivity index (χ2v) is 2.99. The number of nitrogens with zero attached hydrogens (tertiary/aromatic N) is 6. The third kappa shape index (κ3) is 1.03. The summed E-state index contributed by atoms with van der Waals surface area (Å²) in [5, 5.41) is 19.3. The molecule has 0 aliphatic heterocycles. The minimum atomic E-state index is 0.560. The van der Waals surface area contributed by atoms with E-state index in [9.17, 15) is 0 Å². The highest BCUT2D eigenvalue weighted by Crippen LogP contribution is 2.20. The van der Waals surface area contributed by atoms with E-state index in [4.69, 9.17) is 0 Å². The number of anilines is 1. The van der Waals surface area contributed by atoms with Gasteiger partial charge in [-0.15, -0.1) is 14.8 Å². The zero-order valence-electron chi connectivity index (χ0n) is 7.92. The van der Waals surface area contributed by atoms with Gasteiger partial charge in [0, 0.05) is 18.6 Å². The Morgan fingerprint density at radius 3 is 3.20 bits per heavy atom. The number of tetrazole rings is 1. The van der Waals surface area contributed by atoms with Crippen LogP contribution in [0.2, 0.25) is 0 Å². The molecule has 0 amide bonds. The van der Waals surface area contributed by atoms with E-state index in [2.05, 4.69) is 30.9 Å². The van der Waals surface area contributed by atoms with Gasteiger partial charge >= 0.3 is 0 Å². The van der Waals surface area contributed by atoms with Crippen molar-refractivity contribution in [2.75, 3.05) is 12.4 Å². The van der Waals surface area contributed by atoms with Crippen molar-refractivity contribution in [2.45, 2.75) is 0 Å². The average Bonchev–Trinajstić information content (AvgIpc) is 2.76. The molecule has 3 aromatic rings. The van der Waals surface area contributed by atoms with Crippen LogP contribution in [0.25, 0.3) is 16.6 Å². The van der Waals surface area contributed by atoms with E-state index in [1.54, 1.807) is 13.2 Å². The van der Waals surface area contributed by atoms with Gasteiger partial charge in [-0.1, -0.05) is 0 Å². The molecule has 0 aromatic carbocycles. The molecule has 0 fully saturated rings. The molecule has 1 N–H and O–H groups in total. The van der Waals surface area contributed by atoms with Crippen LogP contribution in [0, 0.1) is 0 Å². The third-order valence-corrected chi connectivity index (χ3v) is 2.16. The molecule has 3 heterocycles. The molecule has 0 unspecified atom stereocenters. The van der Waals surface area contributed by atoms with Crippen LogP contribution in [0.3, 0.4) is 0 Å². The molecule has 7 heteroatoms. The lowest BCUT2D eigenvalue weighted by Crippen LogP contribution is -2.02. The van der Waals surface area contributed by atoms with Gasteiger partial charge in [-0.2, -0.15) is 0 Å². The Morgan fingerprint density at radius 1 is 1.40 bits per heavy atom. The Bertz CT molecular complexity index is 629. The fourth-order valence-corrected chi connectivity index (χ4v) is 1.50. The summed E-state index contributed by atoms with van der Waals surface area (Å²) in [4.78, 5) is 4.25. The number of fused-ring (bicyclic) bond motifs is 3. The number of hydrogen-bond acceptors (Lipinski definition) is 6. The molecule has 0 saturated carbocycles. The van der Waals surface area contributed by atoms with Crippen LogP contribution in [0.4, 0.5) is 5.82 Å². The second-order valence-electron chi connectivity index (χ2n) is 2.99. The Balaban J connectivity index is 2.58. The molecule has 0 radical (unpaired) electrons. The molecule has 0 atom stereocenters. The molecule has 0 spiro atoms. The standard InChI is InChI=1S/C8H7N7/c1-9-7-5-3-2-4-10-6(5)8-11-13-14-15(8)12-7/h2-4H,1H3,(H,9,12). The van der Waals surface area contributed by atoms with E-state index in [-0.39, 0.29) is 0 Å². The Hall–Kier alpha value is -2.31. The van der Waals surface area contributed by atoms with E-state index in [1.807, 2.05) is 12.1 Å². The van der Waals surface area contributed by atoms with Crippen molar-refractivity contribution in [1.29, 1.82) is 0 Å². The fraction of sp³-hybridized carbons (Fsp3) is 0.125. The summed E-state index contributed by atoms with van der Waals surface area (Å²) in [5.74, 6) is 0.706. The molecule has 7 nitrogen and oxygen atoms in total. The van der Waals surface area contributed by atoms with Crippen LogP contribution in [0.5, 0.6) is 0 Å². The molecule has 3 aromatic heterocycles. The van der Waals surface area contributed by atoms with Gasteiger partial charge in [0.25, 0.3) is 0 Å². The van der Waals surface area contributed by atoms with Gasteiger partial charge in [-0.3, -0.25) is 4.98 Å². The normalized spacial score (nSPS) is 11.0. The first-order valence-electron chi connectivity index (χ1n) is 4.41. The highest BCUT2D eigenvalue weighted by Gasteiger charge is 2.09. The molecule has 0 bridgehead atoms. The van der Waals surface area contributed by atoms with Gasteiger partial charge in [-0.25, -0.2) is 0 Å². The summed E-state index contributed by atoms with van der Waals surface area (Å²) in [5.41, 5.74) is 1.30. The maximum Gasteiger partial charge on any atom is 0.226 e. The minimum Gasteiger partial charge on any atom is -0.371 e. The smallest absolute Gasteiger partial charge is 0.226 e. The third-order valence-electron chi connectivity index (χ3n) is 2.16. The van der Waals surface area contributed by atoms with Crippen LogP contribution in [-0.4, -0.2) is 37.3 Å². The Morgan fingerprint density at radius 2 is 2.33 bits per heavy atom. The van der Waals surface area contributed by atoms with E-state index < -0.39 is 0 Å². The van der Waals surface area contributed by atoms with Crippen LogP contribution < -0.4 is 5.32 Å². The van der Waals surface area contributed by atoms with Crippen LogP contribution >= 0.6 is 0 Å². The second kappa shape index (κ2) is 2.84. The molecular formula is C8H7N7. The van der Waals surface area contributed by atoms with Gasteiger partial charge in [0.05, 0.1) is 0 Å². The lowest BCUT2D eigenvalue weighted by Gasteiger charge is -2.03. The van der Waals surface area contributed by atoms with Gasteiger partial charge < -0.3 is 5.32 Å². The van der Waals surface area contributed by atoms with Crippen LogP contribution in [0.15, 0.2) is 18.3 Å². The number of hydrogen-bond donors (Lipinski definition) is 1. The summed E-state index contributed by atoms with van der Waals surface area (Å²) in [6.07, 6.45) is 1.70. The molecule has 74 valence electrons. The van der Waals surface area contributed by atoms with E-state index in [1.165, 1.54) is 4.63 Å². The van der Waals surface area contributed by atoms with Gasteiger partial charge in [0.15, 0.2) is 5.82 Å². The highest BCUT2D eigenvalue weighted by molar-refractivity contribution is 5.96. The first-order chi connectivity index (χ1) is 7.40. The van der Waals surface area contributed by atoms with Crippen molar-refractivity contribution in [3.63, 3.8) is 0 Å². The molecule has 3 rings (SSSR count). The maximum absolute atomic E-state index is 4.25. The topological polar surface area (TPSA) is 80.9 Å². The molecule has 0 aliphatic carbocycles. The minimum absolute atomic E-state index is 0.560. The van der Waals surface area contributed by atoms with E-state index in [0.717, 1.165) is 10.9 Å². The molecule has 15 heavy (non-hydrogen) atoms. The Labute approximate surface area is 84.1 Å². The summed E-state index contributed by atoms with van der Waals surface area (Å²) >= 11 is 0. The molecule has 0 saturated heterocycles. The van der Waals surface area contributed by atoms with Gasteiger partial charge in [0.2, 0.25) is 5.65 Å². The lowest BCUT2D eigenvalue weighted by molar-refractivity contribution is 0.738. The summed E-state index contributed by atoms with van der Waals surface area (Å²) in [6, 6.07) is 3.78. The van der Waals surface area contributed by atoms with Gasteiger partial charge in [0.1, 0.15) is 5.52 Å². The van der Waals surface area contributed by atoms with Crippen LogP contribution in [0.1, 0.15) is 0 Å². The van der Waals surface area contributed by atoms with Crippen molar-refractivity contribution in [3.05, 3.63) is 18.3 Å². The highest BCUT2D eigenvalue weighted by atomic mass is 15.6. The van der Waals surface area contributed by atoms with Crippen molar-refractivity contribution in [1.82, 2.24) is 30.2 Å². The zero-order valence-corrected chi connectivity index (χ0v) is 7.92. The monoisotopic (exact) mass is 201 g/mol. The predicted molar refractivity (Wildman–Crippen MR) is 53.4 cm³/mol. The number of rotatable bonds is 1. The average molecular weight is 201 g/mol. The number of nitrogens with one attached hydrogen (secondary N) is 1.